The van der Waals surface area contributed by atoms with Crippen LogP contribution in [0.25, 0.3) is 5.69 Å². The van der Waals surface area contributed by atoms with E-state index in [0.717, 1.165) is 6.07 Å². The van der Waals surface area contributed by atoms with Crippen LogP contribution in [-0.2, 0) is 4.74 Å². The SMILES string of the molecule is N#Cc1c(F)c(F)c(-n2c(O)c3c(c2O)[C@H]2CC[C@@H]3O2)c(F)c1F. The molecule has 0 spiro atoms. The number of fused-ring (bicyclic) bond motifs is 5. The van der Waals surface area contributed by atoms with Gasteiger partial charge < -0.3 is 14.9 Å². The van der Waals surface area contributed by atoms with Crippen molar-refractivity contribution in [1.29, 1.82) is 5.26 Å². The van der Waals surface area contributed by atoms with Crippen molar-refractivity contribution in [3.8, 4) is 23.5 Å². The number of hydrogen-bond acceptors (Lipinski definition) is 4. The van der Waals surface area contributed by atoms with E-state index in [1.807, 2.05) is 0 Å². The quantitative estimate of drug-likeness (QED) is 0.617. The average molecular weight is 340 g/mol. The highest BCUT2D eigenvalue weighted by Crippen LogP contribution is 2.58. The van der Waals surface area contributed by atoms with E-state index >= 15 is 0 Å². The number of rotatable bonds is 1. The zero-order valence-electron chi connectivity index (χ0n) is 11.8. The molecule has 0 unspecified atom stereocenters. The van der Waals surface area contributed by atoms with E-state index in [1.54, 1.807) is 0 Å². The monoisotopic (exact) mass is 340 g/mol. The molecule has 2 aliphatic heterocycles. The third-order valence-electron chi connectivity index (χ3n) is 4.43. The van der Waals surface area contributed by atoms with Crippen LogP contribution in [0.5, 0.6) is 11.8 Å². The maximum Gasteiger partial charge on any atom is 0.205 e. The third kappa shape index (κ3) is 1.56. The second kappa shape index (κ2) is 4.64. The standard InChI is InChI=1S/C15H8F4N2O3/c16-9-4(3-20)10(17)12(19)13(11(9)18)21-14(22)7-5-1-2-6(24-5)8(7)15(21)23/h5-6,22-23H,1-2H2/t5-,6+. The Morgan fingerprint density at radius 2 is 1.38 bits per heavy atom. The molecule has 2 aliphatic rings. The van der Waals surface area contributed by atoms with E-state index in [1.165, 1.54) is 0 Å². The van der Waals surface area contributed by atoms with Crippen molar-refractivity contribution in [1.82, 2.24) is 4.57 Å². The molecule has 1 aromatic heterocycles. The molecule has 2 atom stereocenters. The van der Waals surface area contributed by atoms with E-state index in [0.29, 0.717) is 17.4 Å². The third-order valence-corrected chi connectivity index (χ3v) is 4.43. The molecular formula is C15H8F4N2O3. The number of nitriles is 1. The highest BCUT2D eigenvalue weighted by atomic mass is 19.2. The fourth-order valence-corrected chi connectivity index (χ4v) is 3.41. The van der Waals surface area contributed by atoms with Crippen molar-refractivity contribution in [2.75, 3.05) is 0 Å². The lowest BCUT2D eigenvalue weighted by Gasteiger charge is -2.13. The Morgan fingerprint density at radius 3 is 1.79 bits per heavy atom. The molecule has 1 aromatic carbocycles. The maximum atomic E-state index is 14.2. The molecule has 3 heterocycles. The molecule has 2 aromatic rings. The Kier molecular flexibility index (Phi) is 2.87. The van der Waals surface area contributed by atoms with Crippen molar-refractivity contribution >= 4 is 0 Å². The molecule has 2 N–H and O–H groups in total. The molecule has 1 fully saturated rings. The normalized spacial score (nSPS) is 21.1. The van der Waals surface area contributed by atoms with Crippen LogP contribution in [-0.4, -0.2) is 14.8 Å². The number of aromatic nitrogens is 1. The predicted molar refractivity (Wildman–Crippen MR) is 69.4 cm³/mol. The maximum absolute atomic E-state index is 14.2. The second-order valence-electron chi connectivity index (χ2n) is 5.59. The molecule has 124 valence electrons. The number of hydrogen-bond donors (Lipinski definition) is 2. The van der Waals surface area contributed by atoms with Crippen molar-refractivity contribution in [3.63, 3.8) is 0 Å². The van der Waals surface area contributed by atoms with Gasteiger partial charge in [-0.3, -0.25) is 0 Å². The molecule has 5 nitrogen and oxygen atoms in total. The number of aromatic hydroxyl groups is 2. The molecule has 0 saturated carbocycles. The van der Waals surface area contributed by atoms with Gasteiger partial charge >= 0.3 is 0 Å². The van der Waals surface area contributed by atoms with Gasteiger partial charge in [0, 0.05) is 0 Å². The largest absolute Gasteiger partial charge is 0.494 e. The lowest BCUT2D eigenvalue weighted by Crippen LogP contribution is -2.09. The second-order valence-corrected chi connectivity index (χ2v) is 5.59. The molecule has 1 saturated heterocycles. The van der Waals surface area contributed by atoms with Crippen molar-refractivity contribution in [2.45, 2.75) is 25.0 Å². The highest BCUT2D eigenvalue weighted by molar-refractivity contribution is 5.58. The number of benzene rings is 1. The zero-order chi connectivity index (χ0) is 17.3. The predicted octanol–water partition coefficient (Wildman–Crippen LogP) is 3.22. The summed E-state index contributed by atoms with van der Waals surface area (Å²) in [6, 6.07) is 1.03. The summed E-state index contributed by atoms with van der Waals surface area (Å²) in [7, 11) is 0. The molecule has 2 bridgehead atoms. The summed E-state index contributed by atoms with van der Waals surface area (Å²) in [5.74, 6) is -9.10. The first-order valence-electron chi connectivity index (χ1n) is 6.96. The van der Waals surface area contributed by atoms with Gasteiger partial charge in [0.15, 0.2) is 23.3 Å². The fraction of sp³-hybridized carbons (Fsp3) is 0.267. The van der Waals surface area contributed by atoms with E-state index in [2.05, 4.69) is 0 Å². The topological polar surface area (TPSA) is 78.4 Å². The summed E-state index contributed by atoms with van der Waals surface area (Å²) in [6.07, 6.45) is -0.0430. The molecular weight excluding hydrogens is 332 g/mol. The first-order valence-corrected chi connectivity index (χ1v) is 6.96. The Balaban J connectivity index is 2.06. The van der Waals surface area contributed by atoms with E-state index in [9.17, 15) is 27.8 Å². The Morgan fingerprint density at radius 1 is 0.917 bits per heavy atom. The molecule has 0 aliphatic carbocycles. The summed E-state index contributed by atoms with van der Waals surface area (Å²) in [6.45, 7) is 0. The first-order chi connectivity index (χ1) is 11.4. The first kappa shape index (κ1) is 14.8. The molecule has 24 heavy (non-hydrogen) atoms. The van der Waals surface area contributed by atoms with Gasteiger partial charge in [0.05, 0.1) is 23.3 Å². The van der Waals surface area contributed by atoms with E-state index in [-0.39, 0.29) is 11.1 Å². The smallest absolute Gasteiger partial charge is 0.205 e. The summed E-state index contributed by atoms with van der Waals surface area (Å²) in [5.41, 5.74) is -2.45. The number of halogens is 4. The molecule has 9 heteroatoms. The summed E-state index contributed by atoms with van der Waals surface area (Å²) >= 11 is 0. The van der Waals surface area contributed by atoms with Crippen LogP contribution in [0.3, 0.4) is 0 Å². The highest BCUT2D eigenvalue weighted by Gasteiger charge is 2.46. The van der Waals surface area contributed by atoms with Crippen molar-refractivity contribution < 1.29 is 32.5 Å². The van der Waals surface area contributed by atoms with Gasteiger partial charge in [0.2, 0.25) is 11.8 Å². The Labute approximate surface area is 131 Å². The van der Waals surface area contributed by atoms with Crippen LogP contribution >= 0.6 is 0 Å². The molecule has 0 amide bonds. The van der Waals surface area contributed by atoms with E-state index in [4.69, 9.17) is 10.00 Å². The van der Waals surface area contributed by atoms with Crippen molar-refractivity contribution in [2.24, 2.45) is 0 Å². The van der Waals surface area contributed by atoms with Gasteiger partial charge in [-0.25, -0.2) is 22.1 Å². The average Bonchev–Trinajstić information content (AvgIpc) is 3.23. The van der Waals surface area contributed by atoms with Gasteiger partial charge in [-0.2, -0.15) is 5.26 Å². The Hall–Kier alpha value is -2.73. The van der Waals surface area contributed by atoms with Crippen LogP contribution in [0.15, 0.2) is 0 Å². The van der Waals surface area contributed by atoms with Gasteiger partial charge in [0.1, 0.15) is 17.3 Å². The van der Waals surface area contributed by atoms with Gasteiger partial charge in [-0.1, -0.05) is 0 Å². The van der Waals surface area contributed by atoms with Gasteiger partial charge in [-0.15, -0.1) is 0 Å². The van der Waals surface area contributed by atoms with Crippen molar-refractivity contribution in [3.05, 3.63) is 40.0 Å². The number of nitrogens with zero attached hydrogens (tertiary/aromatic N) is 2. The van der Waals surface area contributed by atoms with Crippen LogP contribution < -0.4 is 0 Å². The van der Waals surface area contributed by atoms with Crippen LogP contribution in [0.1, 0.15) is 41.7 Å². The van der Waals surface area contributed by atoms with E-state index < -0.39 is 58.5 Å². The lowest BCUT2D eigenvalue weighted by atomic mass is 9.95. The minimum atomic E-state index is -1.90. The minimum Gasteiger partial charge on any atom is -0.494 e. The Bertz CT molecular complexity index is 885. The van der Waals surface area contributed by atoms with Gasteiger partial charge in [-0.05, 0) is 12.8 Å². The fourth-order valence-electron chi connectivity index (χ4n) is 3.41. The van der Waals surface area contributed by atoms with Gasteiger partial charge in [0.25, 0.3) is 0 Å². The van der Waals surface area contributed by atoms with Crippen LogP contribution in [0, 0.1) is 34.6 Å². The molecule has 4 rings (SSSR count). The summed E-state index contributed by atoms with van der Waals surface area (Å²) in [4.78, 5) is 0. The van der Waals surface area contributed by atoms with Crippen LogP contribution in [0.4, 0.5) is 17.6 Å². The summed E-state index contributed by atoms with van der Waals surface area (Å²) in [5, 5.41) is 29.1. The number of ether oxygens (including phenoxy) is 1. The van der Waals surface area contributed by atoms with Crippen LogP contribution in [0.2, 0.25) is 0 Å². The summed E-state index contributed by atoms with van der Waals surface area (Å²) < 4.78 is 61.8. The lowest BCUT2D eigenvalue weighted by molar-refractivity contribution is 0.0682. The minimum absolute atomic E-state index is 0.146. The molecule has 0 radical (unpaired) electrons. The zero-order valence-corrected chi connectivity index (χ0v) is 11.8.